The predicted octanol–water partition coefficient (Wildman–Crippen LogP) is 3.44. The van der Waals surface area contributed by atoms with Crippen molar-refractivity contribution in [1.29, 1.82) is 0 Å². The lowest BCUT2D eigenvalue weighted by Gasteiger charge is -2.11. The van der Waals surface area contributed by atoms with E-state index in [1.807, 2.05) is 48.5 Å². The normalized spacial score (nSPS) is 10.3. The molecule has 0 aliphatic rings. The van der Waals surface area contributed by atoms with Gasteiger partial charge in [-0.2, -0.15) is 0 Å². The lowest BCUT2D eigenvalue weighted by atomic mass is 10.2. The summed E-state index contributed by atoms with van der Waals surface area (Å²) in [6.45, 7) is 0.732. The van der Waals surface area contributed by atoms with Gasteiger partial charge in [0.1, 0.15) is 18.1 Å². The number of nitrogens with one attached hydrogen (secondary N) is 2. The summed E-state index contributed by atoms with van der Waals surface area (Å²) >= 11 is 0. The monoisotopic (exact) mass is 337 g/mol. The Balaban J connectivity index is 1.49. The van der Waals surface area contributed by atoms with Crippen molar-refractivity contribution < 1.29 is 14.3 Å². The standard InChI is InChI=1S/C19H19N3O3/c1-24-15-7-3-8-16(13-15)25-12-11-21-19(23)22-17-9-2-5-14-6-4-10-20-18(14)17/h2-10,13H,11-12H2,1H3,(H2,21,22,23). The van der Waals surface area contributed by atoms with Gasteiger partial charge in [-0.25, -0.2) is 4.79 Å². The lowest BCUT2D eigenvalue weighted by Crippen LogP contribution is -2.32. The number of aromatic nitrogens is 1. The summed E-state index contributed by atoms with van der Waals surface area (Å²) in [5, 5.41) is 6.55. The van der Waals surface area contributed by atoms with E-state index in [0.717, 1.165) is 16.7 Å². The van der Waals surface area contributed by atoms with Gasteiger partial charge in [0.15, 0.2) is 0 Å². The van der Waals surface area contributed by atoms with E-state index in [4.69, 9.17) is 9.47 Å². The first-order valence-corrected chi connectivity index (χ1v) is 7.92. The molecule has 0 spiro atoms. The number of pyridine rings is 1. The van der Waals surface area contributed by atoms with Crippen LogP contribution in [0.5, 0.6) is 11.5 Å². The highest BCUT2D eigenvalue weighted by Crippen LogP contribution is 2.20. The molecule has 6 nitrogen and oxygen atoms in total. The first kappa shape index (κ1) is 16.6. The van der Waals surface area contributed by atoms with Gasteiger partial charge in [0.2, 0.25) is 0 Å². The molecule has 2 amide bonds. The Morgan fingerprint density at radius 3 is 2.76 bits per heavy atom. The number of carbonyl (C=O) groups is 1. The number of urea groups is 1. The summed E-state index contributed by atoms with van der Waals surface area (Å²) in [5.74, 6) is 1.42. The van der Waals surface area contributed by atoms with Gasteiger partial charge in [-0.05, 0) is 24.3 Å². The highest BCUT2D eigenvalue weighted by molar-refractivity contribution is 5.99. The van der Waals surface area contributed by atoms with Gasteiger partial charge in [-0.15, -0.1) is 0 Å². The van der Waals surface area contributed by atoms with Crippen LogP contribution >= 0.6 is 0 Å². The third-order valence-electron chi connectivity index (χ3n) is 3.58. The molecule has 0 unspecified atom stereocenters. The summed E-state index contributed by atoms with van der Waals surface area (Å²) in [7, 11) is 1.60. The van der Waals surface area contributed by atoms with Crippen LogP contribution in [-0.2, 0) is 0 Å². The minimum absolute atomic E-state index is 0.299. The predicted molar refractivity (Wildman–Crippen MR) is 97.3 cm³/mol. The SMILES string of the molecule is COc1cccc(OCCNC(=O)Nc2cccc3cccnc23)c1. The Hall–Kier alpha value is -3.28. The number of methoxy groups -OCH3 is 1. The van der Waals surface area contributed by atoms with Gasteiger partial charge in [0.05, 0.1) is 24.9 Å². The summed E-state index contributed by atoms with van der Waals surface area (Å²) in [4.78, 5) is 16.3. The van der Waals surface area contributed by atoms with Crippen LogP contribution in [0.25, 0.3) is 10.9 Å². The molecule has 2 aromatic carbocycles. The number of para-hydroxylation sites is 1. The molecule has 0 saturated heterocycles. The van der Waals surface area contributed by atoms with Crippen LogP contribution in [0, 0.1) is 0 Å². The van der Waals surface area contributed by atoms with Crippen molar-refractivity contribution in [2.24, 2.45) is 0 Å². The fourth-order valence-corrected chi connectivity index (χ4v) is 2.40. The molecule has 3 rings (SSSR count). The molecule has 1 heterocycles. The van der Waals surface area contributed by atoms with E-state index >= 15 is 0 Å². The molecule has 0 aliphatic carbocycles. The number of rotatable bonds is 6. The molecule has 0 atom stereocenters. The number of hydrogen-bond acceptors (Lipinski definition) is 4. The Kier molecular flexibility index (Phi) is 5.31. The summed E-state index contributed by atoms with van der Waals surface area (Å²) in [5.41, 5.74) is 1.43. The van der Waals surface area contributed by atoms with Gasteiger partial charge >= 0.3 is 6.03 Å². The van der Waals surface area contributed by atoms with E-state index in [9.17, 15) is 4.79 Å². The van der Waals surface area contributed by atoms with Crippen LogP contribution in [0.15, 0.2) is 60.8 Å². The first-order chi connectivity index (χ1) is 12.3. The summed E-state index contributed by atoms with van der Waals surface area (Å²) < 4.78 is 10.7. The second-order valence-electron chi connectivity index (χ2n) is 5.29. The third kappa shape index (κ3) is 4.38. The highest BCUT2D eigenvalue weighted by atomic mass is 16.5. The molecule has 0 bridgehead atoms. The minimum Gasteiger partial charge on any atom is -0.497 e. The van der Waals surface area contributed by atoms with E-state index < -0.39 is 0 Å². The zero-order chi connectivity index (χ0) is 17.5. The Bertz CT molecular complexity index is 862. The number of hydrogen-bond donors (Lipinski definition) is 2. The molecular formula is C19H19N3O3. The first-order valence-electron chi connectivity index (χ1n) is 7.92. The molecule has 0 aliphatic heterocycles. The summed E-state index contributed by atoms with van der Waals surface area (Å²) in [6, 6.07) is 16.5. The Morgan fingerprint density at radius 2 is 1.88 bits per heavy atom. The van der Waals surface area contributed by atoms with E-state index in [1.54, 1.807) is 19.4 Å². The molecule has 25 heavy (non-hydrogen) atoms. The largest absolute Gasteiger partial charge is 0.497 e. The molecule has 0 saturated carbocycles. The maximum absolute atomic E-state index is 12.0. The van der Waals surface area contributed by atoms with E-state index in [1.165, 1.54) is 0 Å². The average Bonchev–Trinajstić information content (AvgIpc) is 2.66. The van der Waals surface area contributed by atoms with Crippen molar-refractivity contribution in [1.82, 2.24) is 10.3 Å². The van der Waals surface area contributed by atoms with Gasteiger partial charge in [0, 0.05) is 17.6 Å². The molecular weight excluding hydrogens is 318 g/mol. The second kappa shape index (κ2) is 8.01. The Morgan fingerprint density at radius 1 is 1.08 bits per heavy atom. The molecule has 2 N–H and O–H groups in total. The molecule has 1 aromatic heterocycles. The van der Waals surface area contributed by atoms with Crippen molar-refractivity contribution in [3.63, 3.8) is 0 Å². The van der Waals surface area contributed by atoms with E-state index in [2.05, 4.69) is 15.6 Å². The van der Waals surface area contributed by atoms with Crippen LogP contribution in [0.3, 0.4) is 0 Å². The van der Waals surface area contributed by atoms with E-state index in [-0.39, 0.29) is 6.03 Å². The maximum Gasteiger partial charge on any atom is 0.319 e. The van der Waals surface area contributed by atoms with Crippen molar-refractivity contribution >= 4 is 22.6 Å². The van der Waals surface area contributed by atoms with Gasteiger partial charge in [0.25, 0.3) is 0 Å². The average molecular weight is 337 g/mol. The quantitative estimate of drug-likeness (QED) is 0.676. The number of fused-ring (bicyclic) bond motifs is 1. The number of carbonyl (C=O) groups excluding carboxylic acids is 1. The van der Waals surface area contributed by atoms with Gasteiger partial charge in [-0.3, -0.25) is 4.98 Å². The number of benzene rings is 2. The van der Waals surface area contributed by atoms with Crippen LogP contribution in [0.2, 0.25) is 0 Å². The van der Waals surface area contributed by atoms with Crippen molar-refractivity contribution in [2.45, 2.75) is 0 Å². The van der Waals surface area contributed by atoms with Crippen LogP contribution < -0.4 is 20.1 Å². The van der Waals surface area contributed by atoms with Gasteiger partial charge in [-0.1, -0.05) is 24.3 Å². The fraction of sp³-hybridized carbons (Fsp3) is 0.158. The number of nitrogens with zero attached hydrogens (tertiary/aromatic N) is 1. The molecule has 0 radical (unpaired) electrons. The number of ether oxygens (including phenoxy) is 2. The Labute approximate surface area is 145 Å². The molecule has 128 valence electrons. The lowest BCUT2D eigenvalue weighted by molar-refractivity contribution is 0.247. The number of amides is 2. The van der Waals surface area contributed by atoms with Crippen LogP contribution in [0.1, 0.15) is 0 Å². The van der Waals surface area contributed by atoms with Gasteiger partial charge < -0.3 is 20.1 Å². The van der Waals surface area contributed by atoms with Crippen molar-refractivity contribution in [2.75, 3.05) is 25.6 Å². The maximum atomic E-state index is 12.0. The van der Waals surface area contributed by atoms with E-state index in [0.29, 0.717) is 24.6 Å². The topological polar surface area (TPSA) is 72.5 Å². The van der Waals surface area contributed by atoms with Crippen molar-refractivity contribution in [3.8, 4) is 11.5 Å². The van der Waals surface area contributed by atoms with Crippen LogP contribution in [0.4, 0.5) is 10.5 Å². The molecule has 3 aromatic rings. The second-order valence-corrected chi connectivity index (χ2v) is 5.29. The van der Waals surface area contributed by atoms with Crippen LogP contribution in [-0.4, -0.2) is 31.3 Å². The highest BCUT2D eigenvalue weighted by Gasteiger charge is 2.06. The minimum atomic E-state index is -0.299. The van der Waals surface area contributed by atoms with Crippen molar-refractivity contribution in [3.05, 3.63) is 60.8 Å². The zero-order valence-corrected chi connectivity index (χ0v) is 13.9. The molecule has 0 fully saturated rings. The zero-order valence-electron chi connectivity index (χ0n) is 13.9. The molecule has 6 heteroatoms. The third-order valence-corrected chi connectivity index (χ3v) is 3.58. The fourth-order valence-electron chi connectivity index (χ4n) is 2.40. The smallest absolute Gasteiger partial charge is 0.319 e. The summed E-state index contributed by atoms with van der Waals surface area (Å²) in [6.07, 6.45) is 1.70. The number of anilines is 1.